The van der Waals surface area contributed by atoms with Crippen molar-refractivity contribution in [2.75, 3.05) is 26.7 Å². The van der Waals surface area contributed by atoms with E-state index in [9.17, 15) is 0 Å². The van der Waals surface area contributed by atoms with Crippen LogP contribution in [0.3, 0.4) is 0 Å². The molecule has 2 aliphatic rings. The van der Waals surface area contributed by atoms with Gasteiger partial charge in [-0.05, 0) is 62.4 Å². The van der Waals surface area contributed by atoms with Gasteiger partial charge < -0.3 is 10.5 Å². The van der Waals surface area contributed by atoms with Crippen molar-refractivity contribution in [1.82, 2.24) is 4.90 Å². The van der Waals surface area contributed by atoms with E-state index in [1.165, 1.54) is 24.8 Å². The van der Waals surface area contributed by atoms with Crippen molar-refractivity contribution in [3.8, 4) is 5.75 Å². The molecule has 2 atom stereocenters. The Kier molecular flexibility index (Phi) is 3.76. The summed E-state index contributed by atoms with van der Waals surface area (Å²) < 4.78 is 5.78. The molecule has 3 rings (SSSR count). The molecule has 1 saturated carbocycles. The van der Waals surface area contributed by atoms with E-state index in [0.717, 1.165) is 31.4 Å². The molecule has 19 heavy (non-hydrogen) atoms. The average molecular weight is 260 g/mol. The standard InChI is InChI=1S/C16H24N2O/c1-18-10-13(9-17)8-16(18)14-4-6-15(7-5-14)19-11-12-2-3-12/h4-7,12-13,16H,2-3,8-11,17H2,1H3. The molecule has 3 heteroatoms. The van der Waals surface area contributed by atoms with Gasteiger partial charge in [0.25, 0.3) is 0 Å². The summed E-state index contributed by atoms with van der Waals surface area (Å²) >= 11 is 0. The molecule has 1 aromatic rings. The fourth-order valence-corrected chi connectivity index (χ4v) is 2.95. The minimum absolute atomic E-state index is 0.519. The van der Waals surface area contributed by atoms with Crippen LogP contribution in [-0.4, -0.2) is 31.6 Å². The molecule has 1 saturated heterocycles. The second-order valence-electron chi connectivity index (χ2n) is 6.12. The Morgan fingerprint density at radius 3 is 2.53 bits per heavy atom. The first-order valence-corrected chi connectivity index (χ1v) is 7.39. The number of benzene rings is 1. The zero-order chi connectivity index (χ0) is 13.2. The molecular formula is C16H24N2O. The van der Waals surface area contributed by atoms with Crippen LogP contribution in [0.1, 0.15) is 30.9 Å². The summed E-state index contributed by atoms with van der Waals surface area (Å²) in [7, 11) is 2.19. The molecule has 2 fully saturated rings. The Hall–Kier alpha value is -1.06. The molecule has 2 unspecified atom stereocenters. The van der Waals surface area contributed by atoms with E-state index in [2.05, 4.69) is 36.2 Å². The fourth-order valence-electron chi connectivity index (χ4n) is 2.95. The normalized spacial score (nSPS) is 27.7. The van der Waals surface area contributed by atoms with Crippen LogP contribution in [0.15, 0.2) is 24.3 Å². The van der Waals surface area contributed by atoms with Gasteiger partial charge in [0.1, 0.15) is 5.75 Å². The second kappa shape index (κ2) is 5.51. The number of ether oxygens (including phenoxy) is 1. The van der Waals surface area contributed by atoms with Gasteiger partial charge in [0.05, 0.1) is 6.61 Å². The van der Waals surface area contributed by atoms with E-state index >= 15 is 0 Å². The molecule has 0 bridgehead atoms. The Morgan fingerprint density at radius 1 is 1.21 bits per heavy atom. The molecule has 1 aliphatic carbocycles. The van der Waals surface area contributed by atoms with Gasteiger partial charge in [-0.15, -0.1) is 0 Å². The zero-order valence-electron chi connectivity index (χ0n) is 11.7. The van der Waals surface area contributed by atoms with Crippen LogP contribution in [0.5, 0.6) is 5.75 Å². The van der Waals surface area contributed by atoms with E-state index in [1.54, 1.807) is 0 Å². The van der Waals surface area contributed by atoms with Crippen LogP contribution >= 0.6 is 0 Å². The SMILES string of the molecule is CN1CC(CN)CC1c1ccc(OCC2CC2)cc1. The predicted octanol–water partition coefficient (Wildman–Crippen LogP) is 2.43. The summed E-state index contributed by atoms with van der Waals surface area (Å²) in [5.74, 6) is 2.46. The quantitative estimate of drug-likeness (QED) is 0.883. The van der Waals surface area contributed by atoms with Crippen molar-refractivity contribution < 1.29 is 4.74 Å². The highest BCUT2D eigenvalue weighted by Crippen LogP contribution is 2.34. The number of hydrogen-bond donors (Lipinski definition) is 1. The number of rotatable bonds is 5. The van der Waals surface area contributed by atoms with Gasteiger partial charge in [0, 0.05) is 12.6 Å². The van der Waals surface area contributed by atoms with Gasteiger partial charge in [-0.2, -0.15) is 0 Å². The zero-order valence-corrected chi connectivity index (χ0v) is 11.7. The van der Waals surface area contributed by atoms with Gasteiger partial charge >= 0.3 is 0 Å². The largest absolute Gasteiger partial charge is 0.493 e. The first-order valence-electron chi connectivity index (χ1n) is 7.39. The lowest BCUT2D eigenvalue weighted by Crippen LogP contribution is -2.20. The summed E-state index contributed by atoms with van der Waals surface area (Å²) in [5, 5.41) is 0. The van der Waals surface area contributed by atoms with Gasteiger partial charge in [-0.25, -0.2) is 0 Å². The Morgan fingerprint density at radius 2 is 1.95 bits per heavy atom. The van der Waals surface area contributed by atoms with E-state index in [-0.39, 0.29) is 0 Å². The van der Waals surface area contributed by atoms with E-state index in [0.29, 0.717) is 12.0 Å². The third-order valence-electron chi connectivity index (χ3n) is 4.42. The molecule has 1 heterocycles. The minimum Gasteiger partial charge on any atom is -0.493 e. The maximum Gasteiger partial charge on any atom is 0.119 e. The van der Waals surface area contributed by atoms with E-state index < -0.39 is 0 Å². The predicted molar refractivity (Wildman–Crippen MR) is 77.2 cm³/mol. The molecule has 0 amide bonds. The first kappa shape index (κ1) is 12.9. The molecule has 2 N–H and O–H groups in total. The Labute approximate surface area is 115 Å². The molecule has 0 spiro atoms. The third-order valence-corrected chi connectivity index (χ3v) is 4.42. The monoisotopic (exact) mass is 260 g/mol. The van der Waals surface area contributed by atoms with Crippen LogP contribution in [0.4, 0.5) is 0 Å². The molecular weight excluding hydrogens is 236 g/mol. The van der Waals surface area contributed by atoms with Crippen LogP contribution in [-0.2, 0) is 0 Å². The maximum atomic E-state index is 5.79. The smallest absolute Gasteiger partial charge is 0.119 e. The van der Waals surface area contributed by atoms with E-state index in [1.807, 2.05) is 0 Å². The van der Waals surface area contributed by atoms with Crippen molar-refractivity contribution in [2.45, 2.75) is 25.3 Å². The number of likely N-dealkylation sites (tertiary alicyclic amines) is 1. The average Bonchev–Trinajstić information content (AvgIpc) is 3.19. The lowest BCUT2D eigenvalue weighted by molar-refractivity contribution is 0.298. The summed E-state index contributed by atoms with van der Waals surface area (Å²) in [4.78, 5) is 2.41. The van der Waals surface area contributed by atoms with Crippen LogP contribution < -0.4 is 10.5 Å². The van der Waals surface area contributed by atoms with Crippen molar-refractivity contribution in [1.29, 1.82) is 0 Å². The number of nitrogens with two attached hydrogens (primary N) is 1. The van der Waals surface area contributed by atoms with E-state index in [4.69, 9.17) is 10.5 Å². The Balaban J connectivity index is 1.61. The highest BCUT2D eigenvalue weighted by atomic mass is 16.5. The molecule has 0 radical (unpaired) electrons. The van der Waals surface area contributed by atoms with Crippen LogP contribution in [0.25, 0.3) is 0 Å². The second-order valence-corrected chi connectivity index (χ2v) is 6.12. The summed E-state index contributed by atoms with van der Waals surface area (Å²) in [5.41, 5.74) is 7.17. The molecule has 104 valence electrons. The lowest BCUT2D eigenvalue weighted by atomic mass is 10.00. The third kappa shape index (κ3) is 3.10. The van der Waals surface area contributed by atoms with Crippen molar-refractivity contribution >= 4 is 0 Å². The molecule has 3 nitrogen and oxygen atoms in total. The summed E-state index contributed by atoms with van der Waals surface area (Å²) in [6.45, 7) is 2.79. The van der Waals surface area contributed by atoms with Crippen molar-refractivity contribution in [2.24, 2.45) is 17.6 Å². The van der Waals surface area contributed by atoms with Crippen molar-refractivity contribution in [3.05, 3.63) is 29.8 Å². The fraction of sp³-hybridized carbons (Fsp3) is 0.625. The highest BCUT2D eigenvalue weighted by molar-refractivity contribution is 5.30. The van der Waals surface area contributed by atoms with Gasteiger partial charge in [-0.1, -0.05) is 12.1 Å². The summed E-state index contributed by atoms with van der Waals surface area (Å²) in [6.07, 6.45) is 3.85. The van der Waals surface area contributed by atoms with Crippen LogP contribution in [0, 0.1) is 11.8 Å². The highest BCUT2D eigenvalue weighted by Gasteiger charge is 2.29. The maximum absolute atomic E-state index is 5.79. The molecule has 1 aromatic carbocycles. The summed E-state index contributed by atoms with van der Waals surface area (Å²) in [6, 6.07) is 9.17. The van der Waals surface area contributed by atoms with Gasteiger partial charge in [-0.3, -0.25) is 4.90 Å². The van der Waals surface area contributed by atoms with Gasteiger partial charge in [0.15, 0.2) is 0 Å². The molecule has 0 aromatic heterocycles. The minimum atomic E-state index is 0.519. The topological polar surface area (TPSA) is 38.5 Å². The first-order chi connectivity index (χ1) is 9.26. The van der Waals surface area contributed by atoms with Gasteiger partial charge in [0.2, 0.25) is 0 Å². The van der Waals surface area contributed by atoms with Crippen LogP contribution in [0.2, 0.25) is 0 Å². The Bertz CT molecular complexity index is 413. The molecule has 1 aliphatic heterocycles. The number of hydrogen-bond acceptors (Lipinski definition) is 3. The number of nitrogens with zero attached hydrogens (tertiary/aromatic N) is 1. The lowest BCUT2D eigenvalue weighted by Gasteiger charge is -2.19. The van der Waals surface area contributed by atoms with Crippen molar-refractivity contribution in [3.63, 3.8) is 0 Å².